The summed E-state index contributed by atoms with van der Waals surface area (Å²) in [6, 6.07) is 13.5. The molecule has 2 aromatic rings. The van der Waals surface area contributed by atoms with Crippen LogP contribution in [0, 0.1) is 5.82 Å². The topological polar surface area (TPSA) is 52.7 Å². The molecule has 1 aliphatic rings. The smallest absolute Gasteiger partial charge is 0.253 e. The van der Waals surface area contributed by atoms with Crippen LogP contribution in [0.5, 0.6) is 0 Å². The van der Waals surface area contributed by atoms with Crippen LogP contribution in [0.2, 0.25) is 0 Å². The van der Waals surface area contributed by atoms with E-state index in [1.54, 1.807) is 4.90 Å². The molecule has 0 aromatic heterocycles. The van der Waals surface area contributed by atoms with E-state index in [1.165, 1.54) is 24.3 Å². The molecule has 0 saturated carbocycles. The number of nitrogens with one attached hydrogen (secondary N) is 1. The summed E-state index contributed by atoms with van der Waals surface area (Å²) < 4.78 is 13.0. The highest BCUT2D eigenvalue weighted by Crippen LogP contribution is 2.29. The molecule has 1 heterocycles. The monoisotopic (exact) mass is 397 g/mol. The standard InChI is InChI=1S/C23H28FN3O2/c1-23(2,3)19-6-4-5-7-20(19)25-21(28)16-26-12-14-27(15-13-26)22(29)17-8-10-18(24)11-9-17/h4-11H,12-16H2,1-3H3,(H,25,28). The van der Waals surface area contributed by atoms with Crippen molar-refractivity contribution < 1.29 is 14.0 Å². The number of anilines is 1. The lowest BCUT2D eigenvalue weighted by Gasteiger charge is -2.34. The molecule has 1 fully saturated rings. The lowest BCUT2D eigenvalue weighted by atomic mass is 9.86. The lowest BCUT2D eigenvalue weighted by Crippen LogP contribution is -2.50. The molecule has 154 valence electrons. The van der Waals surface area contributed by atoms with E-state index >= 15 is 0 Å². The summed E-state index contributed by atoms with van der Waals surface area (Å²) in [5.41, 5.74) is 2.37. The van der Waals surface area contributed by atoms with Crippen molar-refractivity contribution in [2.24, 2.45) is 0 Å². The number of halogens is 1. The predicted molar refractivity (Wildman–Crippen MR) is 113 cm³/mol. The molecule has 0 radical (unpaired) electrons. The Labute approximate surface area is 171 Å². The highest BCUT2D eigenvalue weighted by molar-refractivity contribution is 5.94. The fourth-order valence-corrected chi connectivity index (χ4v) is 3.52. The second kappa shape index (κ2) is 8.74. The van der Waals surface area contributed by atoms with Gasteiger partial charge in [-0.2, -0.15) is 0 Å². The van der Waals surface area contributed by atoms with Crippen LogP contribution in [0.3, 0.4) is 0 Å². The summed E-state index contributed by atoms with van der Waals surface area (Å²) >= 11 is 0. The number of carbonyl (C=O) groups is 2. The first-order chi connectivity index (χ1) is 13.7. The van der Waals surface area contributed by atoms with E-state index < -0.39 is 0 Å². The van der Waals surface area contributed by atoms with Crippen molar-refractivity contribution in [1.29, 1.82) is 0 Å². The highest BCUT2D eigenvalue weighted by Gasteiger charge is 2.24. The first-order valence-electron chi connectivity index (χ1n) is 9.90. The maximum absolute atomic E-state index is 13.0. The second-order valence-corrected chi connectivity index (χ2v) is 8.42. The zero-order valence-electron chi connectivity index (χ0n) is 17.2. The van der Waals surface area contributed by atoms with Crippen molar-refractivity contribution in [3.8, 4) is 0 Å². The van der Waals surface area contributed by atoms with Gasteiger partial charge in [-0.05, 0) is 41.3 Å². The number of carbonyl (C=O) groups excluding carboxylic acids is 2. The van der Waals surface area contributed by atoms with Gasteiger partial charge in [0.25, 0.3) is 5.91 Å². The Morgan fingerprint density at radius 2 is 1.59 bits per heavy atom. The third-order valence-corrected chi connectivity index (χ3v) is 5.13. The molecule has 0 atom stereocenters. The Morgan fingerprint density at radius 1 is 0.966 bits per heavy atom. The third-order valence-electron chi connectivity index (χ3n) is 5.13. The largest absolute Gasteiger partial charge is 0.336 e. The van der Waals surface area contributed by atoms with E-state index in [0.29, 0.717) is 31.7 Å². The normalized spacial score (nSPS) is 15.2. The van der Waals surface area contributed by atoms with E-state index in [9.17, 15) is 14.0 Å². The van der Waals surface area contributed by atoms with Gasteiger partial charge in [-0.3, -0.25) is 14.5 Å². The van der Waals surface area contributed by atoms with Crippen LogP contribution in [-0.2, 0) is 10.2 Å². The van der Waals surface area contributed by atoms with Gasteiger partial charge in [-0.25, -0.2) is 4.39 Å². The van der Waals surface area contributed by atoms with Crippen molar-refractivity contribution in [1.82, 2.24) is 9.80 Å². The van der Waals surface area contributed by atoms with E-state index in [0.717, 1.165) is 11.3 Å². The van der Waals surface area contributed by atoms with Gasteiger partial charge in [0.2, 0.25) is 5.91 Å². The van der Waals surface area contributed by atoms with Crippen molar-refractivity contribution in [2.45, 2.75) is 26.2 Å². The van der Waals surface area contributed by atoms with Gasteiger partial charge >= 0.3 is 0 Å². The Kier molecular flexibility index (Phi) is 6.33. The molecule has 0 aliphatic carbocycles. The molecule has 3 rings (SSSR count). The van der Waals surface area contributed by atoms with Crippen molar-refractivity contribution in [3.63, 3.8) is 0 Å². The number of amides is 2. The molecule has 29 heavy (non-hydrogen) atoms. The molecule has 6 heteroatoms. The number of rotatable bonds is 4. The summed E-state index contributed by atoms with van der Waals surface area (Å²) in [6.07, 6.45) is 0. The summed E-state index contributed by atoms with van der Waals surface area (Å²) in [5.74, 6) is -0.515. The maximum atomic E-state index is 13.0. The van der Waals surface area contributed by atoms with Gasteiger partial charge in [-0.1, -0.05) is 39.0 Å². The number of benzene rings is 2. The predicted octanol–water partition coefficient (Wildman–Crippen LogP) is 3.52. The Hall–Kier alpha value is -2.73. The Balaban J connectivity index is 1.53. The minimum atomic E-state index is -0.356. The van der Waals surface area contributed by atoms with Crippen LogP contribution >= 0.6 is 0 Å². The van der Waals surface area contributed by atoms with Crippen molar-refractivity contribution >= 4 is 17.5 Å². The summed E-state index contributed by atoms with van der Waals surface area (Å²) in [4.78, 5) is 28.9. The quantitative estimate of drug-likeness (QED) is 0.859. The third kappa shape index (κ3) is 5.41. The molecule has 1 saturated heterocycles. The first kappa shape index (κ1) is 21.0. The highest BCUT2D eigenvalue weighted by atomic mass is 19.1. The molecular weight excluding hydrogens is 369 g/mol. The lowest BCUT2D eigenvalue weighted by molar-refractivity contribution is -0.117. The summed E-state index contributed by atoms with van der Waals surface area (Å²) in [5, 5.41) is 3.03. The number of nitrogens with zero attached hydrogens (tertiary/aromatic N) is 2. The molecule has 0 bridgehead atoms. The first-order valence-corrected chi connectivity index (χ1v) is 9.90. The average molecular weight is 397 g/mol. The average Bonchev–Trinajstić information content (AvgIpc) is 2.68. The zero-order chi connectivity index (χ0) is 21.0. The molecule has 2 aromatic carbocycles. The van der Waals surface area contributed by atoms with Gasteiger partial charge in [0.1, 0.15) is 5.82 Å². The maximum Gasteiger partial charge on any atom is 0.253 e. The molecule has 2 amide bonds. The van der Waals surface area contributed by atoms with Crippen LogP contribution in [0.4, 0.5) is 10.1 Å². The molecule has 1 N–H and O–H groups in total. The molecule has 5 nitrogen and oxygen atoms in total. The number of piperazine rings is 1. The minimum Gasteiger partial charge on any atom is -0.336 e. The second-order valence-electron chi connectivity index (χ2n) is 8.42. The summed E-state index contributed by atoms with van der Waals surface area (Å²) in [7, 11) is 0. The fourth-order valence-electron chi connectivity index (χ4n) is 3.52. The molecule has 0 spiro atoms. The van der Waals surface area contributed by atoms with Crippen molar-refractivity contribution in [3.05, 3.63) is 65.5 Å². The van der Waals surface area contributed by atoms with Gasteiger partial charge in [-0.15, -0.1) is 0 Å². The Morgan fingerprint density at radius 3 is 2.21 bits per heavy atom. The van der Waals surface area contributed by atoms with E-state index in [4.69, 9.17) is 0 Å². The number of hydrogen-bond acceptors (Lipinski definition) is 3. The van der Waals surface area contributed by atoms with E-state index in [1.807, 2.05) is 29.2 Å². The number of para-hydroxylation sites is 1. The van der Waals surface area contributed by atoms with Gasteiger partial charge in [0.05, 0.1) is 6.54 Å². The fraction of sp³-hybridized carbons (Fsp3) is 0.391. The molecule has 1 aliphatic heterocycles. The molecule has 0 unspecified atom stereocenters. The number of hydrogen-bond donors (Lipinski definition) is 1. The minimum absolute atomic E-state index is 0.0555. The van der Waals surface area contributed by atoms with E-state index in [2.05, 4.69) is 26.1 Å². The van der Waals surface area contributed by atoms with E-state index in [-0.39, 0.29) is 29.6 Å². The summed E-state index contributed by atoms with van der Waals surface area (Å²) in [6.45, 7) is 8.99. The molecular formula is C23H28FN3O2. The SMILES string of the molecule is CC(C)(C)c1ccccc1NC(=O)CN1CCN(C(=O)c2ccc(F)cc2)CC1. The van der Waals surface area contributed by atoms with Crippen LogP contribution < -0.4 is 5.32 Å². The zero-order valence-corrected chi connectivity index (χ0v) is 17.2. The van der Waals surface area contributed by atoms with Gasteiger partial charge in [0, 0.05) is 37.4 Å². The van der Waals surface area contributed by atoms with Gasteiger partial charge < -0.3 is 10.2 Å². The van der Waals surface area contributed by atoms with Crippen LogP contribution in [0.15, 0.2) is 48.5 Å². The van der Waals surface area contributed by atoms with Crippen LogP contribution in [-0.4, -0.2) is 54.3 Å². The van der Waals surface area contributed by atoms with Gasteiger partial charge in [0.15, 0.2) is 0 Å². The van der Waals surface area contributed by atoms with Crippen molar-refractivity contribution in [2.75, 3.05) is 38.0 Å². The van der Waals surface area contributed by atoms with Crippen LogP contribution in [0.25, 0.3) is 0 Å². The Bertz CT molecular complexity index is 866. The van der Waals surface area contributed by atoms with Crippen LogP contribution in [0.1, 0.15) is 36.7 Å².